The Balaban J connectivity index is 1.72. The van der Waals surface area contributed by atoms with Crippen molar-refractivity contribution in [3.63, 3.8) is 0 Å². The maximum atomic E-state index is 13.0. The highest BCUT2D eigenvalue weighted by atomic mass is 32.2. The van der Waals surface area contributed by atoms with Crippen LogP contribution in [0.15, 0.2) is 42.5 Å². The normalized spacial score (nSPS) is 17.6. The fourth-order valence-electron chi connectivity index (χ4n) is 3.88. The molecule has 31 heavy (non-hydrogen) atoms. The van der Waals surface area contributed by atoms with Crippen molar-refractivity contribution >= 4 is 21.4 Å². The number of benzene rings is 2. The average Bonchev–Trinajstić information content (AvgIpc) is 3.30. The van der Waals surface area contributed by atoms with Gasteiger partial charge in [-0.1, -0.05) is 18.2 Å². The van der Waals surface area contributed by atoms with Crippen LogP contribution in [-0.2, 0) is 9.84 Å². The number of carbonyl (C=O) groups is 1. The summed E-state index contributed by atoms with van der Waals surface area (Å²) in [5, 5.41) is 7.48. The summed E-state index contributed by atoms with van der Waals surface area (Å²) < 4.78 is 25.9. The summed E-state index contributed by atoms with van der Waals surface area (Å²) in [5.74, 6) is -0.119. The Labute approximate surface area is 183 Å². The number of rotatable bonds is 4. The minimum atomic E-state index is -3.09. The molecule has 0 aliphatic carbocycles. The van der Waals surface area contributed by atoms with Gasteiger partial charge in [-0.15, -0.1) is 0 Å². The molecule has 1 atom stereocenters. The van der Waals surface area contributed by atoms with Crippen LogP contribution in [0.4, 0.5) is 5.69 Å². The lowest BCUT2D eigenvalue weighted by Crippen LogP contribution is -2.16. The standard InChI is InChI=1S/C24H27N3O3S/c1-15-5-7-19(11-17(15)3)23-13-22(26-27(23)21-9-10-31(29,30)14-21)24(28)25-20-8-6-16(2)18(4)12-20/h5-8,11-13,21H,9-10,14H2,1-4H3,(H,25,28)/t21-/m1/s1. The van der Waals surface area contributed by atoms with Gasteiger partial charge in [0.25, 0.3) is 5.91 Å². The molecule has 1 aromatic heterocycles. The first-order valence-electron chi connectivity index (χ1n) is 10.4. The highest BCUT2D eigenvalue weighted by Crippen LogP contribution is 2.31. The van der Waals surface area contributed by atoms with Gasteiger partial charge in [0.15, 0.2) is 15.5 Å². The molecular weight excluding hydrogens is 410 g/mol. The first kappa shape index (κ1) is 21.3. The Morgan fingerprint density at radius 3 is 2.26 bits per heavy atom. The lowest BCUT2D eigenvalue weighted by Gasteiger charge is -2.14. The molecule has 0 unspecified atom stereocenters. The molecule has 0 saturated carbocycles. The van der Waals surface area contributed by atoms with Crippen LogP contribution < -0.4 is 5.32 Å². The van der Waals surface area contributed by atoms with Crippen molar-refractivity contribution in [2.45, 2.75) is 40.2 Å². The van der Waals surface area contributed by atoms with Gasteiger partial charge in [0.05, 0.1) is 23.2 Å². The molecule has 6 nitrogen and oxygen atoms in total. The number of nitrogens with zero attached hydrogens (tertiary/aromatic N) is 2. The lowest BCUT2D eigenvalue weighted by atomic mass is 10.0. The molecule has 162 valence electrons. The van der Waals surface area contributed by atoms with E-state index in [9.17, 15) is 13.2 Å². The van der Waals surface area contributed by atoms with Crippen molar-refractivity contribution in [3.8, 4) is 11.3 Å². The SMILES string of the molecule is Cc1ccc(NC(=O)c2cc(-c3ccc(C)c(C)c3)n([C@@H]3CCS(=O)(=O)C3)n2)cc1C. The van der Waals surface area contributed by atoms with Crippen molar-refractivity contribution in [2.75, 3.05) is 16.8 Å². The van der Waals surface area contributed by atoms with Crippen molar-refractivity contribution in [2.24, 2.45) is 0 Å². The fourth-order valence-corrected chi connectivity index (χ4v) is 5.57. The van der Waals surface area contributed by atoms with E-state index in [1.54, 1.807) is 10.7 Å². The van der Waals surface area contributed by atoms with Crippen LogP contribution in [0.5, 0.6) is 0 Å². The first-order chi connectivity index (χ1) is 14.6. The number of aromatic nitrogens is 2. The summed E-state index contributed by atoms with van der Waals surface area (Å²) in [6, 6.07) is 13.3. The van der Waals surface area contributed by atoms with Gasteiger partial charge in [0.1, 0.15) is 0 Å². The predicted molar refractivity (Wildman–Crippen MR) is 123 cm³/mol. The Morgan fingerprint density at radius 2 is 1.65 bits per heavy atom. The zero-order valence-corrected chi connectivity index (χ0v) is 19.1. The smallest absolute Gasteiger partial charge is 0.276 e. The van der Waals surface area contributed by atoms with Gasteiger partial charge in [-0.2, -0.15) is 5.10 Å². The number of anilines is 1. The molecule has 1 aliphatic heterocycles. The molecule has 1 fully saturated rings. The average molecular weight is 438 g/mol. The number of nitrogens with one attached hydrogen (secondary N) is 1. The molecule has 1 saturated heterocycles. The van der Waals surface area contributed by atoms with E-state index < -0.39 is 9.84 Å². The molecule has 2 aromatic carbocycles. The van der Waals surface area contributed by atoms with E-state index in [2.05, 4.69) is 16.5 Å². The van der Waals surface area contributed by atoms with Crippen LogP contribution >= 0.6 is 0 Å². The zero-order valence-electron chi connectivity index (χ0n) is 18.3. The second-order valence-corrected chi connectivity index (χ2v) is 10.7. The quantitative estimate of drug-likeness (QED) is 0.656. The van der Waals surface area contributed by atoms with E-state index in [1.807, 2.05) is 58.0 Å². The molecule has 7 heteroatoms. The summed E-state index contributed by atoms with van der Waals surface area (Å²) in [5.41, 5.74) is 7.21. The van der Waals surface area contributed by atoms with E-state index >= 15 is 0 Å². The van der Waals surface area contributed by atoms with Gasteiger partial charge in [0.2, 0.25) is 0 Å². The highest BCUT2D eigenvalue weighted by molar-refractivity contribution is 7.91. The highest BCUT2D eigenvalue weighted by Gasteiger charge is 2.32. The van der Waals surface area contributed by atoms with Gasteiger partial charge in [-0.05, 0) is 80.6 Å². The van der Waals surface area contributed by atoms with Gasteiger partial charge in [-0.25, -0.2) is 8.42 Å². The maximum Gasteiger partial charge on any atom is 0.276 e. The molecule has 1 amide bonds. The Hall–Kier alpha value is -2.93. The molecule has 1 aliphatic rings. The van der Waals surface area contributed by atoms with Crippen molar-refractivity contribution < 1.29 is 13.2 Å². The molecular formula is C24H27N3O3S. The molecule has 0 spiro atoms. The molecule has 4 rings (SSSR count). The van der Waals surface area contributed by atoms with Crippen LogP contribution in [0.1, 0.15) is 45.2 Å². The number of carbonyl (C=O) groups excluding carboxylic acids is 1. The van der Waals surface area contributed by atoms with E-state index in [0.717, 1.165) is 27.9 Å². The second-order valence-electron chi connectivity index (χ2n) is 8.47. The van der Waals surface area contributed by atoms with Crippen LogP contribution in [0.2, 0.25) is 0 Å². The topological polar surface area (TPSA) is 81.1 Å². The summed E-state index contributed by atoms with van der Waals surface area (Å²) in [4.78, 5) is 13.0. The fraction of sp³-hybridized carbons (Fsp3) is 0.333. The van der Waals surface area contributed by atoms with Crippen molar-refractivity contribution in [1.82, 2.24) is 9.78 Å². The van der Waals surface area contributed by atoms with E-state index in [1.165, 1.54) is 5.56 Å². The third-order valence-electron chi connectivity index (χ3n) is 6.09. The van der Waals surface area contributed by atoms with E-state index in [0.29, 0.717) is 12.1 Å². The predicted octanol–water partition coefficient (Wildman–Crippen LogP) is 4.40. The van der Waals surface area contributed by atoms with Crippen LogP contribution in [0.3, 0.4) is 0 Å². The summed E-state index contributed by atoms with van der Waals surface area (Å²) in [6.07, 6.45) is 0.500. The minimum absolute atomic E-state index is 0.0464. The largest absolute Gasteiger partial charge is 0.321 e. The van der Waals surface area contributed by atoms with Gasteiger partial charge >= 0.3 is 0 Å². The summed E-state index contributed by atoms with van der Waals surface area (Å²) >= 11 is 0. The summed E-state index contributed by atoms with van der Waals surface area (Å²) in [7, 11) is -3.09. The zero-order chi connectivity index (χ0) is 22.3. The summed E-state index contributed by atoms with van der Waals surface area (Å²) in [6.45, 7) is 8.10. The molecule has 3 aromatic rings. The van der Waals surface area contributed by atoms with Crippen LogP contribution in [0.25, 0.3) is 11.3 Å². The minimum Gasteiger partial charge on any atom is -0.321 e. The van der Waals surface area contributed by atoms with Crippen LogP contribution in [0, 0.1) is 27.7 Å². The lowest BCUT2D eigenvalue weighted by molar-refractivity contribution is 0.102. The molecule has 0 radical (unpaired) electrons. The number of aryl methyl sites for hydroxylation is 4. The first-order valence-corrected chi connectivity index (χ1v) is 12.2. The number of hydrogen-bond acceptors (Lipinski definition) is 4. The van der Waals surface area contributed by atoms with Gasteiger partial charge < -0.3 is 5.32 Å². The van der Waals surface area contributed by atoms with Crippen molar-refractivity contribution in [3.05, 3.63) is 70.4 Å². The Morgan fingerprint density at radius 1 is 0.968 bits per heavy atom. The maximum absolute atomic E-state index is 13.0. The Bertz CT molecular complexity index is 1280. The third kappa shape index (κ3) is 4.42. The number of amides is 1. The van der Waals surface area contributed by atoms with Gasteiger partial charge in [-0.3, -0.25) is 9.48 Å². The number of hydrogen-bond donors (Lipinski definition) is 1. The van der Waals surface area contributed by atoms with E-state index in [-0.39, 0.29) is 29.1 Å². The van der Waals surface area contributed by atoms with E-state index in [4.69, 9.17) is 0 Å². The second kappa shape index (κ2) is 7.96. The van der Waals surface area contributed by atoms with Gasteiger partial charge in [0, 0.05) is 11.3 Å². The Kier molecular flexibility index (Phi) is 5.47. The van der Waals surface area contributed by atoms with Crippen molar-refractivity contribution in [1.29, 1.82) is 0 Å². The monoisotopic (exact) mass is 437 g/mol. The van der Waals surface area contributed by atoms with Crippen LogP contribution in [-0.4, -0.2) is 35.6 Å². The number of sulfone groups is 1. The molecule has 2 heterocycles. The molecule has 1 N–H and O–H groups in total. The molecule has 0 bridgehead atoms. The third-order valence-corrected chi connectivity index (χ3v) is 7.84.